The molecule has 4 rings (SSSR count). The Morgan fingerprint density at radius 1 is 1.16 bits per heavy atom. The van der Waals surface area contributed by atoms with Gasteiger partial charge in [-0.3, -0.25) is 4.68 Å². The quantitative estimate of drug-likeness (QED) is 0.601. The standard InChI is InChI=1S/C19H18FN5/c1-25-18(10-17(24-25)12-6-8-13(20)9-7-12)14(11-21)19-22-15-4-2-3-5-16(15)23-19/h2-10,14H,11,21H2,1H3,(H,22,23). The van der Waals surface area contributed by atoms with E-state index in [1.165, 1.54) is 12.1 Å². The van der Waals surface area contributed by atoms with Gasteiger partial charge in [-0.1, -0.05) is 12.1 Å². The Morgan fingerprint density at radius 3 is 2.64 bits per heavy atom. The molecule has 0 aliphatic heterocycles. The van der Waals surface area contributed by atoms with Crippen LogP contribution >= 0.6 is 0 Å². The van der Waals surface area contributed by atoms with Crippen LogP contribution in [0.3, 0.4) is 0 Å². The van der Waals surface area contributed by atoms with Crippen LogP contribution in [0, 0.1) is 5.82 Å². The van der Waals surface area contributed by atoms with Crippen molar-refractivity contribution in [2.24, 2.45) is 12.8 Å². The van der Waals surface area contributed by atoms with Crippen molar-refractivity contribution < 1.29 is 4.39 Å². The summed E-state index contributed by atoms with van der Waals surface area (Å²) in [6.07, 6.45) is 0. The van der Waals surface area contributed by atoms with Crippen LogP contribution in [0.15, 0.2) is 54.6 Å². The fourth-order valence-corrected chi connectivity index (χ4v) is 3.08. The number of fused-ring (bicyclic) bond motifs is 1. The van der Waals surface area contributed by atoms with Crippen molar-refractivity contribution in [2.45, 2.75) is 5.92 Å². The number of imidazole rings is 1. The third kappa shape index (κ3) is 2.81. The molecule has 2 aromatic carbocycles. The highest BCUT2D eigenvalue weighted by Gasteiger charge is 2.21. The fraction of sp³-hybridized carbons (Fsp3) is 0.158. The normalized spacial score (nSPS) is 12.6. The molecule has 0 saturated carbocycles. The molecule has 1 unspecified atom stereocenters. The number of rotatable bonds is 4. The van der Waals surface area contributed by atoms with Crippen molar-refractivity contribution in [3.8, 4) is 11.3 Å². The molecule has 0 spiro atoms. The van der Waals surface area contributed by atoms with Crippen LogP contribution in [-0.2, 0) is 7.05 Å². The second-order valence-electron chi connectivity index (χ2n) is 6.01. The number of nitrogens with zero attached hydrogens (tertiary/aromatic N) is 3. The number of aromatic nitrogens is 4. The predicted octanol–water partition coefficient (Wildman–Crippen LogP) is 3.19. The summed E-state index contributed by atoms with van der Waals surface area (Å²) in [6, 6.07) is 16.2. The van der Waals surface area contributed by atoms with Gasteiger partial charge in [-0.25, -0.2) is 9.37 Å². The van der Waals surface area contributed by atoms with Crippen molar-refractivity contribution in [1.82, 2.24) is 19.7 Å². The van der Waals surface area contributed by atoms with Gasteiger partial charge in [0.1, 0.15) is 11.6 Å². The minimum absolute atomic E-state index is 0.0981. The number of benzene rings is 2. The van der Waals surface area contributed by atoms with Gasteiger partial charge in [0.2, 0.25) is 0 Å². The van der Waals surface area contributed by atoms with Gasteiger partial charge in [-0.15, -0.1) is 0 Å². The Kier molecular flexibility index (Phi) is 3.82. The summed E-state index contributed by atoms with van der Waals surface area (Å²) in [5.41, 5.74) is 10.5. The molecule has 3 N–H and O–H groups in total. The molecule has 0 radical (unpaired) electrons. The predicted molar refractivity (Wildman–Crippen MR) is 95.6 cm³/mol. The first-order valence-electron chi connectivity index (χ1n) is 8.10. The van der Waals surface area contributed by atoms with E-state index in [-0.39, 0.29) is 11.7 Å². The number of aromatic amines is 1. The third-order valence-corrected chi connectivity index (χ3v) is 4.39. The maximum Gasteiger partial charge on any atom is 0.123 e. The van der Waals surface area contributed by atoms with Gasteiger partial charge in [0.05, 0.1) is 28.3 Å². The lowest BCUT2D eigenvalue weighted by molar-refractivity contribution is 0.628. The second-order valence-corrected chi connectivity index (χ2v) is 6.01. The molecule has 2 aromatic heterocycles. The monoisotopic (exact) mass is 335 g/mol. The molecule has 1 atom stereocenters. The summed E-state index contributed by atoms with van der Waals surface area (Å²) in [6.45, 7) is 0.405. The first-order valence-corrected chi connectivity index (χ1v) is 8.10. The van der Waals surface area contributed by atoms with Gasteiger partial charge in [0, 0.05) is 19.2 Å². The molecular weight excluding hydrogens is 317 g/mol. The van der Waals surface area contributed by atoms with Crippen molar-refractivity contribution in [3.63, 3.8) is 0 Å². The molecule has 0 amide bonds. The number of halogens is 1. The van der Waals surface area contributed by atoms with Crippen molar-refractivity contribution in [1.29, 1.82) is 0 Å². The lowest BCUT2D eigenvalue weighted by Gasteiger charge is -2.12. The summed E-state index contributed by atoms with van der Waals surface area (Å²) >= 11 is 0. The molecular formula is C19H18FN5. The maximum absolute atomic E-state index is 13.1. The van der Waals surface area contributed by atoms with Crippen LogP contribution in [0.1, 0.15) is 17.4 Å². The third-order valence-electron chi connectivity index (χ3n) is 4.39. The highest BCUT2D eigenvalue weighted by molar-refractivity contribution is 5.75. The Hall–Kier alpha value is -2.99. The van der Waals surface area contributed by atoms with E-state index in [0.29, 0.717) is 6.54 Å². The molecule has 2 heterocycles. The summed E-state index contributed by atoms with van der Waals surface area (Å²) < 4.78 is 14.9. The maximum atomic E-state index is 13.1. The van der Waals surface area contributed by atoms with Gasteiger partial charge in [-0.2, -0.15) is 5.10 Å². The first-order chi connectivity index (χ1) is 12.2. The Bertz CT molecular complexity index is 983. The highest BCUT2D eigenvalue weighted by Crippen LogP contribution is 2.27. The first kappa shape index (κ1) is 15.5. The van der Waals surface area contributed by atoms with Crippen LogP contribution in [0.4, 0.5) is 4.39 Å². The van der Waals surface area contributed by atoms with E-state index in [1.54, 1.807) is 12.1 Å². The number of hydrogen-bond donors (Lipinski definition) is 2. The van der Waals surface area contributed by atoms with E-state index in [0.717, 1.165) is 33.8 Å². The van der Waals surface area contributed by atoms with E-state index in [2.05, 4.69) is 15.1 Å². The minimum atomic E-state index is -0.262. The van der Waals surface area contributed by atoms with E-state index >= 15 is 0 Å². The van der Waals surface area contributed by atoms with Crippen LogP contribution in [-0.4, -0.2) is 26.3 Å². The summed E-state index contributed by atoms with van der Waals surface area (Å²) in [5.74, 6) is 0.457. The number of H-pyrrole nitrogens is 1. The number of nitrogens with one attached hydrogen (secondary N) is 1. The Morgan fingerprint density at radius 2 is 1.92 bits per heavy atom. The van der Waals surface area contributed by atoms with Gasteiger partial charge in [0.25, 0.3) is 0 Å². The molecule has 0 saturated heterocycles. The number of nitrogens with two attached hydrogens (primary N) is 1. The minimum Gasteiger partial charge on any atom is -0.341 e. The van der Waals surface area contributed by atoms with Gasteiger partial charge in [-0.05, 0) is 42.5 Å². The number of hydrogen-bond acceptors (Lipinski definition) is 3. The summed E-state index contributed by atoms with van der Waals surface area (Å²) in [5, 5.41) is 4.56. The highest BCUT2D eigenvalue weighted by atomic mass is 19.1. The lowest BCUT2D eigenvalue weighted by atomic mass is 10.0. The molecule has 126 valence electrons. The average Bonchev–Trinajstić information content (AvgIpc) is 3.20. The average molecular weight is 335 g/mol. The smallest absolute Gasteiger partial charge is 0.123 e. The molecule has 0 aliphatic rings. The van der Waals surface area contributed by atoms with E-state index in [4.69, 9.17) is 5.73 Å². The Balaban J connectivity index is 1.75. The van der Waals surface area contributed by atoms with Crippen LogP contribution < -0.4 is 5.73 Å². The summed E-state index contributed by atoms with van der Waals surface area (Å²) in [7, 11) is 1.88. The molecule has 6 heteroatoms. The largest absolute Gasteiger partial charge is 0.341 e. The van der Waals surface area contributed by atoms with Gasteiger partial charge in [0.15, 0.2) is 0 Å². The Labute approximate surface area is 144 Å². The second kappa shape index (κ2) is 6.14. The SMILES string of the molecule is Cn1nc(-c2ccc(F)cc2)cc1C(CN)c1nc2ccccc2[nH]1. The summed E-state index contributed by atoms with van der Waals surface area (Å²) in [4.78, 5) is 8.02. The molecule has 0 aliphatic carbocycles. The van der Waals surface area contributed by atoms with Crippen molar-refractivity contribution in [2.75, 3.05) is 6.54 Å². The van der Waals surface area contributed by atoms with E-state index < -0.39 is 0 Å². The van der Waals surface area contributed by atoms with Crippen molar-refractivity contribution in [3.05, 3.63) is 71.9 Å². The molecule has 25 heavy (non-hydrogen) atoms. The van der Waals surface area contributed by atoms with Gasteiger partial charge < -0.3 is 10.7 Å². The van der Waals surface area contributed by atoms with E-state index in [1.807, 2.05) is 42.1 Å². The van der Waals surface area contributed by atoms with Crippen LogP contribution in [0.5, 0.6) is 0 Å². The number of para-hydroxylation sites is 2. The zero-order chi connectivity index (χ0) is 17.4. The van der Waals surface area contributed by atoms with E-state index in [9.17, 15) is 4.39 Å². The molecule has 0 bridgehead atoms. The molecule has 4 aromatic rings. The topological polar surface area (TPSA) is 72.5 Å². The van der Waals surface area contributed by atoms with Gasteiger partial charge >= 0.3 is 0 Å². The van der Waals surface area contributed by atoms with Crippen molar-refractivity contribution >= 4 is 11.0 Å². The zero-order valence-electron chi connectivity index (χ0n) is 13.8. The zero-order valence-corrected chi connectivity index (χ0v) is 13.8. The van der Waals surface area contributed by atoms with Crippen LogP contribution in [0.2, 0.25) is 0 Å². The fourth-order valence-electron chi connectivity index (χ4n) is 3.08. The molecule has 0 fully saturated rings. The molecule has 5 nitrogen and oxygen atoms in total. The number of aryl methyl sites for hydroxylation is 1. The van der Waals surface area contributed by atoms with Crippen LogP contribution in [0.25, 0.3) is 22.3 Å². The lowest BCUT2D eigenvalue weighted by Crippen LogP contribution is -2.18.